The van der Waals surface area contributed by atoms with Gasteiger partial charge in [0.1, 0.15) is 0 Å². The van der Waals surface area contributed by atoms with Crippen LogP contribution in [-0.4, -0.2) is 3.92 Å². The summed E-state index contributed by atoms with van der Waals surface area (Å²) in [5.41, 5.74) is 0. The fourth-order valence-corrected chi connectivity index (χ4v) is 2.99. The van der Waals surface area contributed by atoms with Crippen LogP contribution in [0, 0.1) is 0 Å². The molecule has 0 bridgehead atoms. The van der Waals surface area contributed by atoms with Crippen LogP contribution in [0.2, 0.25) is 0 Å². The third-order valence-corrected chi connectivity index (χ3v) is 4.28. The van der Waals surface area contributed by atoms with Gasteiger partial charge in [0, 0.05) is 3.92 Å². The van der Waals surface area contributed by atoms with Crippen molar-refractivity contribution in [3.63, 3.8) is 0 Å². The molecule has 1 heteroatoms. The van der Waals surface area contributed by atoms with Crippen LogP contribution in [0.25, 0.3) is 0 Å². The van der Waals surface area contributed by atoms with Gasteiger partial charge in [-0.3, -0.25) is 0 Å². The molecule has 0 atom stereocenters. The minimum absolute atomic E-state index is 1.01. The third-order valence-electron chi connectivity index (χ3n) is 3.03. The van der Waals surface area contributed by atoms with Gasteiger partial charge < -0.3 is 0 Å². The van der Waals surface area contributed by atoms with E-state index < -0.39 is 0 Å². The number of rotatable bonds is 0. The van der Waals surface area contributed by atoms with Crippen LogP contribution < -0.4 is 0 Å². The molecule has 2 rings (SSSR count). The molecule has 0 amide bonds. The molecule has 2 fully saturated rings. The van der Waals surface area contributed by atoms with E-state index in [1.54, 1.807) is 0 Å². The largest absolute Gasteiger partial charge is 0.0826 e. The summed E-state index contributed by atoms with van der Waals surface area (Å²) in [5, 5.41) is 0. The molecule has 13 heavy (non-hydrogen) atoms. The van der Waals surface area contributed by atoms with Crippen molar-refractivity contribution in [1.82, 2.24) is 0 Å². The Bertz CT molecular complexity index is 90.2. The van der Waals surface area contributed by atoms with Crippen molar-refractivity contribution in [1.29, 1.82) is 0 Å². The molecule has 2 aliphatic rings. The fourth-order valence-electron chi connectivity index (χ4n) is 2.11. The summed E-state index contributed by atoms with van der Waals surface area (Å²) in [7, 11) is 0. The van der Waals surface area contributed by atoms with Gasteiger partial charge in [-0.15, -0.1) is 0 Å². The molecule has 0 nitrogen and oxygen atoms in total. The topological polar surface area (TPSA) is 0 Å². The lowest BCUT2D eigenvalue weighted by Gasteiger charge is -2.13. The van der Waals surface area contributed by atoms with Gasteiger partial charge in [-0.25, -0.2) is 0 Å². The van der Waals surface area contributed by atoms with Crippen LogP contribution in [0.5, 0.6) is 0 Å². The second-order valence-corrected chi connectivity index (χ2v) is 6.12. The van der Waals surface area contributed by atoms with Gasteiger partial charge in [0.2, 0.25) is 0 Å². The lowest BCUT2D eigenvalue weighted by Crippen LogP contribution is -2.02. The zero-order valence-electron chi connectivity index (χ0n) is 8.73. The summed E-state index contributed by atoms with van der Waals surface area (Å²) in [4.78, 5) is 0. The molecule has 0 aliphatic heterocycles. The van der Waals surface area contributed by atoms with Gasteiger partial charge in [0.25, 0.3) is 0 Å². The van der Waals surface area contributed by atoms with Crippen molar-refractivity contribution >= 4 is 22.6 Å². The lowest BCUT2D eigenvalue weighted by molar-refractivity contribution is 0.504. The zero-order chi connectivity index (χ0) is 9.36. The van der Waals surface area contributed by atoms with Crippen LogP contribution in [0.15, 0.2) is 0 Å². The van der Waals surface area contributed by atoms with Crippen LogP contribution in [0.1, 0.15) is 70.6 Å². The van der Waals surface area contributed by atoms with Crippen LogP contribution in [0.3, 0.4) is 0 Å². The quantitative estimate of drug-likeness (QED) is 0.431. The van der Waals surface area contributed by atoms with E-state index >= 15 is 0 Å². The van der Waals surface area contributed by atoms with Crippen LogP contribution in [-0.2, 0) is 0 Å². The van der Waals surface area contributed by atoms with Crippen molar-refractivity contribution in [3.8, 4) is 0 Å². The number of hydrogen-bond acceptors (Lipinski definition) is 0. The molecule has 2 aliphatic carbocycles. The molecule has 0 N–H and O–H groups in total. The van der Waals surface area contributed by atoms with Gasteiger partial charge in [-0.1, -0.05) is 80.4 Å². The third kappa shape index (κ3) is 6.75. The average molecular weight is 294 g/mol. The average Bonchev–Trinajstić information content (AvgIpc) is 2.22. The molecule has 78 valence electrons. The zero-order valence-corrected chi connectivity index (χ0v) is 10.9. The van der Waals surface area contributed by atoms with Gasteiger partial charge >= 0.3 is 0 Å². The van der Waals surface area contributed by atoms with E-state index in [1.807, 2.05) is 0 Å². The molecule has 0 aromatic rings. The second kappa shape index (κ2) is 8.07. The maximum absolute atomic E-state index is 2.56. The van der Waals surface area contributed by atoms with Crippen molar-refractivity contribution in [2.24, 2.45) is 0 Å². The molecular formula is C12H23I. The molecule has 0 aromatic carbocycles. The van der Waals surface area contributed by atoms with E-state index in [1.165, 1.54) is 70.6 Å². The maximum atomic E-state index is 2.56. The van der Waals surface area contributed by atoms with Gasteiger partial charge in [-0.2, -0.15) is 0 Å². The van der Waals surface area contributed by atoms with E-state index in [2.05, 4.69) is 22.6 Å². The minimum Gasteiger partial charge on any atom is -0.0826 e. The van der Waals surface area contributed by atoms with Crippen LogP contribution in [0.4, 0.5) is 0 Å². The first-order chi connectivity index (χ1) is 6.39. The highest BCUT2D eigenvalue weighted by atomic mass is 127. The summed E-state index contributed by atoms with van der Waals surface area (Å²) in [5.74, 6) is 0. The molecular weight excluding hydrogens is 271 g/mol. The van der Waals surface area contributed by atoms with Gasteiger partial charge in [0.05, 0.1) is 0 Å². The van der Waals surface area contributed by atoms with Crippen molar-refractivity contribution in [3.05, 3.63) is 0 Å². The molecule has 0 saturated heterocycles. The molecule has 2 saturated carbocycles. The summed E-state index contributed by atoms with van der Waals surface area (Å²) in [6, 6.07) is 0. The van der Waals surface area contributed by atoms with E-state index in [9.17, 15) is 0 Å². The Kier molecular flexibility index (Phi) is 7.33. The Labute approximate surface area is 97.0 Å². The monoisotopic (exact) mass is 294 g/mol. The first-order valence-electron chi connectivity index (χ1n) is 6.03. The van der Waals surface area contributed by atoms with E-state index in [-0.39, 0.29) is 0 Å². The molecule has 0 unspecified atom stereocenters. The Morgan fingerprint density at radius 1 is 0.538 bits per heavy atom. The first-order valence-corrected chi connectivity index (χ1v) is 7.28. The van der Waals surface area contributed by atoms with E-state index in [4.69, 9.17) is 0 Å². The Morgan fingerprint density at radius 3 is 1.08 bits per heavy atom. The second-order valence-electron chi connectivity index (χ2n) is 4.36. The number of hydrogen-bond donors (Lipinski definition) is 0. The highest BCUT2D eigenvalue weighted by molar-refractivity contribution is 14.1. The summed E-state index contributed by atoms with van der Waals surface area (Å²) in [6.07, 6.45) is 16.4. The van der Waals surface area contributed by atoms with E-state index in [0.29, 0.717) is 0 Å². The Morgan fingerprint density at radius 2 is 0.846 bits per heavy atom. The van der Waals surface area contributed by atoms with Crippen molar-refractivity contribution in [2.45, 2.75) is 74.6 Å². The Hall–Kier alpha value is 0.730. The molecule has 0 spiro atoms. The normalized spacial score (nSPS) is 24.7. The smallest absolute Gasteiger partial charge is 0.0110 e. The SMILES string of the molecule is C1CCCCC1.IC1CCCCC1. The predicted octanol–water partition coefficient (Wildman–Crippen LogP) is 5.09. The van der Waals surface area contributed by atoms with Gasteiger partial charge in [0.15, 0.2) is 0 Å². The summed E-state index contributed by atoms with van der Waals surface area (Å²) < 4.78 is 1.01. The standard InChI is InChI=1S/C6H11I.C6H12/c7-6-4-2-1-3-5-6;1-2-4-6-5-3-1/h6H,1-5H2;1-6H2. The lowest BCUT2D eigenvalue weighted by atomic mass is 10.0. The number of alkyl halides is 1. The van der Waals surface area contributed by atoms with Crippen LogP contribution >= 0.6 is 22.6 Å². The molecule has 0 radical (unpaired) electrons. The molecule has 0 aromatic heterocycles. The fraction of sp³-hybridized carbons (Fsp3) is 1.00. The van der Waals surface area contributed by atoms with Crippen molar-refractivity contribution in [2.75, 3.05) is 0 Å². The number of halogens is 1. The summed E-state index contributed by atoms with van der Waals surface area (Å²) >= 11 is 2.56. The highest BCUT2D eigenvalue weighted by Gasteiger charge is 2.07. The predicted molar refractivity (Wildman–Crippen MR) is 68.6 cm³/mol. The Balaban J connectivity index is 0.000000132. The van der Waals surface area contributed by atoms with Crippen molar-refractivity contribution < 1.29 is 0 Å². The summed E-state index contributed by atoms with van der Waals surface area (Å²) in [6.45, 7) is 0. The van der Waals surface area contributed by atoms with Gasteiger partial charge in [-0.05, 0) is 12.8 Å². The maximum Gasteiger partial charge on any atom is 0.0110 e. The minimum atomic E-state index is 1.01. The molecule has 0 heterocycles. The van der Waals surface area contributed by atoms with E-state index in [0.717, 1.165) is 3.92 Å². The highest BCUT2D eigenvalue weighted by Crippen LogP contribution is 2.23. The first kappa shape index (κ1) is 11.8.